The van der Waals surface area contributed by atoms with Gasteiger partial charge in [0.25, 0.3) is 0 Å². The Labute approximate surface area is 185 Å². The van der Waals surface area contributed by atoms with Crippen LogP contribution < -0.4 is 0 Å². The molecule has 0 aliphatic carbocycles. The van der Waals surface area contributed by atoms with E-state index in [-0.39, 0.29) is 5.56 Å². The summed E-state index contributed by atoms with van der Waals surface area (Å²) < 4.78 is 9.79. The van der Waals surface area contributed by atoms with E-state index in [4.69, 9.17) is 9.72 Å². The molecule has 0 bridgehead atoms. The van der Waals surface area contributed by atoms with Gasteiger partial charge in [0.1, 0.15) is 5.82 Å². The molecule has 0 fully saturated rings. The fourth-order valence-corrected chi connectivity index (χ4v) is 4.72. The Hall–Kier alpha value is -3.64. The van der Waals surface area contributed by atoms with E-state index < -0.39 is 5.97 Å². The first-order valence-corrected chi connectivity index (χ1v) is 10.8. The molecule has 0 unspecified atom stereocenters. The maximum absolute atomic E-state index is 11.6. The minimum absolute atomic E-state index is 0.280. The summed E-state index contributed by atoms with van der Waals surface area (Å²) in [4.78, 5) is 16.6. The highest BCUT2D eigenvalue weighted by molar-refractivity contribution is 6.09. The van der Waals surface area contributed by atoms with Crippen molar-refractivity contribution in [2.24, 2.45) is 0 Å². The maximum atomic E-state index is 11.6. The molecule has 0 saturated carbocycles. The third-order valence-electron chi connectivity index (χ3n) is 6.27. The lowest BCUT2D eigenvalue weighted by Gasteiger charge is -2.10. The predicted octanol–water partition coefficient (Wildman–Crippen LogP) is 5.48. The van der Waals surface area contributed by atoms with Crippen LogP contribution in [0.15, 0.2) is 54.6 Å². The molecule has 0 aliphatic heterocycles. The fraction of sp³-hybridized carbons (Fsp3) is 0.231. The van der Waals surface area contributed by atoms with E-state index in [2.05, 4.69) is 58.5 Å². The first-order valence-electron chi connectivity index (χ1n) is 10.8. The average Bonchev–Trinajstić information content (AvgIpc) is 3.33. The summed E-state index contributed by atoms with van der Waals surface area (Å²) in [7, 11) is 1.68. The highest BCUT2D eigenvalue weighted by atomic mass is 16.5. The van der Waals surface area contributed by atoms with Gasteiger partial charge in [-0.1, -0.05) is 18.2 Å². The van der Waals surface area contributed by atoms with Gasteiger partial charge in [0, 0.05) is 47.6 Å². The van der Waals surface area contributed by atoms with Crippen LogP contribution in [0.5, 0.6) is 0 Å². The van der Waals surface area contributed by atoms with Crippen molar-refractivity contribution in [1.82, 2.24) is 14.1 Å². The van der Waals surface area contributed by atoms with Gasteiger partial charge in [-0.3, -0.25) is 0 Å². The molecule has 2 aromatic heterocycles. The Kier molecular flexibility index (Phi) is 4.94. The van der Waals surface area contributed by atoms with Gasteiger partial charge in [0.15, 0.2) is 0 Å². The van der Waals surface area contributed by atoms with Crippen LogP contribution in [0.25, 0.3) is 44.2 Å². The lowest BCUT2D eigenvalue weighted by molar-refractivity contribution is 0.0696. The van der Waals surface area contributed by atoms with Gasteiger partial charge >= 0.3 is 5.97 Å². The van der Waals surface area contributed by atoms with Crippen LogP contribution in [0.2, 0.25) is 0 Å². The molecule has 0 spiro atoms. The topological polar surface area (TPSA) is 69.3 Å². The number of aryl methyl sites for hydroxylation is 2. The Morgan fingerprint density at radius 2 is 1.75 bits per heavy atom. The van der Waals surface area contributed by atoms with Crippen molar-refractivity contribution in [2.45, 2.75) is 26.9 Å². The number of aromatic nitrogens is 3. The Morgan fingerprint density at radius 1 is 1.00 bits per heavy atom. The number of benzene rings is 3. The maximum Gasteiger partial charge on any atom is 0.336 e. The van der Waals surface area contributed by atoms with Crippen LogP contribution in [0.4, 0.5) is 0 Å². The van der Waals surface area contributed by atoms with Crippen LogP contribution in [0, 0.1) is 6.92 Å². The zero-order valence-electron chi connectivity index (χ0n) is 18.4. The van der Waals surface area contributed by atoms with Crippen molar-refractivity contribution in [2.75, 3.05) is 13.7 Å². The number of methoxy groups -OCH3 is 1. The Balaban J connectivity index is 1.78. The van der Waals surface area contributed by atoms with Crippen molar-refractivity contribution in [3.05, 3.63) is 65.7 Å². The van der Waals surface area contributed by atoms with Crippen LogP contribution in [0.1, 0.15) is 22.8 Å². The number of fused-ring (bicyclic) bond motifs is 4. The van der Waals surface area contributed by atoms with Gasteiger partial charge in [0.2, 0.25) is 0 Å². The molecule has 0 radical (unpaired) electrons. The lowest BCUT2D eigenvalue weighted by atomic mass is 10.1. The number of carboxylic acids is 1. The van der Waals surface area contributed by atoms with Gasteiger partial charge in [0.05, 0.1) is 23.2 Å². The highest BCUT2D eigenvalue weighted by Crippen LogP contribution is 2.34. The van der Waals surface area contributed by atoms with Crippen molar-refractivity contribution in [3.8, 4) is 11.4 Å². The quantitative estimate of drug-likeness (QED) is 0.389. The molecular weight excluding hydrogens is 402 g/mol. The second-order valence-electron chi connectivity index (χ2n) is 7.98. The number of hydrogen-bond acceptors (Lipinski definition) is 3. The average molecular weight is 428 g/mol. The fourth-order valence-electron chi connectivity index (χ4n) is 4.72. The summed E-state index contributed by atoms with van der Waals surface area (Å²) in [5, 5.41) is 12.0. The van der Waals surface area contributed by atoms with Crippen molar-refractivity contribution in [1.29, 1.82) is 0 Å². The molecule has 6 nitrogen and oxygen atoms in total. The second kappa shape index (κ2) is 7.80. The molecule has 5 aromatic rings. The molecule has 5 rings (SSSR count). The van der Waals surface area contributed by atoms with Crippen LogP contribution in [0.3, 0.4) is 0 Å². The molecule has 2 heterocycles. The molecular formula is C26H25N3O3. The van der Waals surface area contributed by atoms with Gasteiger partial charge in [-0.15, -0.1) is 0 Å². The van der Waals surface area contributed by atoms with E-state index in [1.165, 1.54) is 21.8 Å². The highest BCUT2D eigenvalue weighted by Gasteiger charge is 2.19. The molecule has 0 saturated heterocycles. The number of para-hydroxylation sites is 1. The zero-order valence-corrected chi connectivity index (χ0v) is 18.4. The van der Waals surface area contributed by atoms with E-state index in [0.717, 1.165) is 23.4 Å². The zero-order chi connectivity index (χ0) is 22.4. The van der Waals surface area contributed by atoms with Crippen molar-refractivity contribution < 1.29 is 14.6 Å². The van der Waals surface area contributed by atoms with Crippen LogP contribution >= 0.6 is 0 Å². The predicted molar refractivity (Wildman–Crippen MR) is 127 cm³/mol. The van der Waals surface area contributed by atoms with E-state index >= 15 is 0 Å². The Morgan fingerprint density at radius 3 is 2.50 bits per heavy atom. The number of nitrogens with zero attached hydrogens (tertiary/aromatic N) is 3. The number of ether oxygens (including phenoxy) is 1. The lowest BCUT2D eigenvalue weighted by Crippen LogP contribution is -2.06. The van der Waals surface area contributed by atoms with E-state index in [1.54, 1.807) is 13.2 Å². The molecule has 0 amide bonds. The van der Waals surface area contributed by atoms with Gasteiger partial charge in [-0.2, -0.15) is 0 Å². The smallest absolute Gasteiger partial charge is 0.336 e. The van der Waals surface area contributed by atoms with E-state index in [0.29, 0.717) is 24.2 Å². The van der Waals surface area contributed by atoms with Gasteiger partial charge < -0.3 is 19.0 Å². The number of carboxylic acid groups (broad SMARTS) is 1. The van der Waals surface area contributed by atoms with Crippen LogP contribution in [-0.4, -0.2) is 38.9 Å². The molecule has 32 heavy (non-hydrogen) atoms. The SMILES string of the molecule is CCn1c2ccccc2c2cc(-c3nc4c(C)c(C(=O)O)ccc4n3CCOC)ccc21. The van der Waals surface area contributed by atoms with Crippen LogP contribution in [-0.2, 0) is 17.8 Å². The largest absolute Gasteiger partial charge is 0.478 e. The summed E-state index contributed by atoms with van der Waals surface area (Å²) >= 11 is 0. The summed E-state index contributed by atoms with van der Waals surface area (Å²) in [5.74, 6) is -0.121. The van der Waals surface area contributed by atoms with Crippen molar-refractivity contribution >= 4 is 38.8 Å². The number of rotatable bonds is 6. The van der Waals surface area contributed by atoms with E-state index in [9.17, 15) is 9.90 Å². The summed E-state index contributed by atoms with van der Waals surface area (Å²) in [5.41, 5.74) is 6.00. The Bertz CT molecular complexity index is 1490. The first kappa shape index (κ1) is 20.3. The minimum Gasteiger partial charge on any atom is -0.478 e. The number of aromatic carboxylic acids is 1. The molecule has 3 aromatic carbocycles. The van der Waals surface area contributed by atoms with Crippen molar-refractivity contribution in [3.63, 3.8) is 0 Å². The standard InChI is InChI=1S/C26H25N3O3/c1-4-28-21-8-6-5-7-19(21)20-15-17(9-11-22(20)28)25-27-24-16(2)18(26(30)31)10-12-23(24)29(25)13-14-32-3/h5-12,15H,4,13-14H2,1-3H3,(H,30,31). The summed E-state index contributed by atoms with van der Waals surface area (Å²) in [6, 6.07) is 18.4. The number of hydrogen-bond donors (Lipinski definition) is 1. The van der Waals surface area contributed by atoms with E-state index in [1.807, 2.05) is 13.0 Å². The van der Waals surface area contributed by atoms with Gasteiger partial charge in [-0.25, -0.2) is 9.78 Å². The summed E-state index contributed by atoms with van der Waals surface area (Å²) in [6.45, 7) is 6.04. The second-order valence-corrected chi connectivity index (χ2v) is 7.98. The molecule has 1 N–H and O–H groups in total. The molecule has 0 atom stereocenters. The molecule has 162 valence electrons. The molecule has 6 heteroatoms. The molecule has 0 aliphatic rings. The summed E-state index contributed by atoms with van der Waals surface area (Å²) in [6.07, 6.45) is 0. The number of carbonyl (C=O) groups is 1. The minimum atomic E-state index is -0.939. The number of imidazole rings is 1. The monoisotopic (exact) mass is 427 g/mol. The third kappa shape index (κ3) is 2.99. The van der Waals surface area contributed by atoms with Gasteiger partial charge in [-0.05, 0) is 55.8 Å². The first-order chi connectivity index (χ1) is 15.5. The third-order valence-corrected chi connectivity index (χ3v) is 6.27. The normalized spacial score (nSPS) is 11.7.